The molecule has 0 N–H and O–H groups in total. The van der Waals surface area contributed by atoms with Crippen LogP contribution < -0.4 is 0 Å². The van der Waals surface area contributed by atoms with E-state index in [-0.39, 0.29) is 0 Å². The molecule has 0 amide bonds. The van der Waals surface area contributed by atoms with E-state index in [0.29, 0.717) is 0 Å². The van der Waals surface area contributed by atoms with Crippen LogP contribution in [-0.4, -0.2) is 48.3 Å². The summed E-state index contributed by atoms with van der Waals surface area (Å²) in [6.07, 6.45) is 6.80. The lowest BCUT2D eigenvalue weighted by atomic mass is 10.0. The van der Waals surface area contributed by atoms with Gasteiger partial charge in [-0.2, -0.15) is 0 Å². The molecular formula is C16H10O8. The van der Waals surface area contributed by atoms with Gasteiger partial charge in [0.1, 0.15) is 24.4 Å². The van der Waals surface area contributed by atoms with Gasteiger partial charge in [0.15, 0.2) is 0 Å². The second-order valence-electron chi connectivity index (χ2n) is 4.54. The lowest BCUT2D eigenvalue weighted by Crippen LogP contribution is -2.26. The summed E-state index contributed by atoms with van der Waals surface area (Å²) in [5.41, 5.74) is -0.843. The van der Waals surface area contributed by atoms with Gasteiger partial charge >= 0.3 is 11.9 Å². The summed E-state index contributed by atoms with van der Waals surface area (Å²) in [4.78, 5) is 68.4. The normalized spacial score (nSPS) is 16.7. The molecule has 0 fully saturated rings. The molecule has 0 aromatic rings. The zero-order chi connectivity index (χ0) is 17.7. The third-order valence-electron chi connectivity index (χ3n) is 2.95. The largest absolute Gasteiger partial charge is 0.458 e. The monoisotopic (exact) mass is 330 g/mol. The predicted octanol–water partition coefficient (Wildman–Crippen LogP) is -0.658. The fraction of sp³-hybridized carbons (Fsp3) is 0.125. The first-order chi connectivity index (χ1) is 11.4. The van der Waals surface area contributed by atoms with Crippen molar-refractivity contribution in [3.63, 3.8) is 0 Å². The van der Waals surface area contributed by atoms with Crippen LogP contribution in [0, 0.1) is 0 Å². The second-order valence-corrected chi connectivity index (χ2v) is 4.54. The van der Waals surface area contributed by atoms with E-state index in [1.54, 1.807) is 0 Å². The Labute approximate surface area is 135 Å². The molecular weight excluding hydrogens is 320 g/mol. The van der Waals surface area contributed by atoms with E-state index in [0.717, 1.165) is 24.3 Å². The fourth-order valence-electron chi connectivity index (χ4n) is 1.78. The minimum atomic E-state index is -1.03. The van der Waals surface area contributed by atoms with E-state index in [4.69, 9.17) is 9.47 Å². The number of ether oxygens (including phenoxy) is 2. The van der Waals surface area contributed by atoms with E-state index in [1.807, 2.05) is 0 Å². The Morgan fingerprint density at radius 3 is 1.46 bits per heavy atom. The molecule has 2 aliphatic rings. The van der Waals surface area contributed by atoms with Crippen molar-refractivity contribution in [2.24, 2.45) is 0 Å². The summed E-state index contributed by atoms with van der Waals surface area (Å²) in [5, 5.41) is 0. The van der Waals surface area contributed by atoms with Crippen LogP contribution in [0.1, 0.15) is 0 Å². The lowest BCUT2D eigenvalue weighted by Gasteiger charge is -2.09. The van der Waals surface area contributed by atoms with Crippen LogP contribution in [0.3, 0.4) is 0 Å². The molecule has 2 aliphatic carbocycles. The van der Waals surface area contributed by atoms with Gasteiger partial charge in [0.05, 0.1) is 0 Å². The van der Waals surface area contributed by atoms with E-state index in [2.05, 4.69) is 0 Å². The highest BCUT2D eigenvalue weighted by atomic mass is 16.6. The number of carbonyl (C=O) groups is 6. The highest BCUT2D eigenvalue weighted by Gasteiger charge is 2.27. The van der Waals surface area contributed by atoms with Gasteiger partial charge < -0.3 is 9.47 Å². The van der Waals surface area contributed by atoms with Gasteiger partial charge in [-0.15, -0.1) is 0 Å². The molecule has 122 valence electrons. The van der Waals surface area contributed by atoms with Crippen molar-refractivity contribution in [2.75, 3.05) is 13.2 Å². The van der Waals surface area contributed by atoms with Crippen LogP contribution in [0.2, 0.25) is 0 Å². The molecule has 0 aromatic carbocycles. The molecule has 24 heavy (non-hydrogen) atoms. The average molecular weight is 330 g/mol. The Balaban J connectivity index is 1.81. The summed E-state index contributed by atoms with van der Waals surface area (Å²) in [5.74, 6) is -5.70. The van der Waals surface area contributed by atoms with Crippen LogP contribution >= 0.6 is 0 Å². The molecule has 0 atom stereocenters. The second kappa shape index (κ2) is 7.23. The first-order valence-electron chi connectivity index (χ1n) is 6.70. The minimum Gasteiger partial charge on any atom is -0.458 e. The Bertz CT molecular complexity index is 710. The quantitative estimate of drug-likeness (QED) is 0.214. The zero-order valence-corrected chi connectivity index (χ0v) is 12.1. The maximum absolute atomic E-state index is 11.6. The van der Waals surface area contributed by atoms with E-state index in [1.165, 1.54) is 12.2 Å². The van der Waals surface area contributed by atoms with Crippen molar-refractivity contribution >= 4 is 35.1 Å². The average Bonchev–Trinajstić information content (AvgIpc) is 2.56. The van der Waals surface area contributed by atoms with Gasteiger partial charge in [0.2, 0.25) is 23.1 Å². The van der Waals surface area contributed by atoms with Crippen molar-refractivity contribution in [3.8, 4) is 0 Å². The van der Waals surface area contributed by atoms with Crippen LogP contribution in [0.15, 0.2) is 47.6 Å². The van der Waals surface area contributed by atoms with E-state index < -0.39 is 59.4 Å². The summed E-state index contributed by atoms with van der Waals surface area (Å²) in [6.45, 7) is -0.781. The SMILES string of the molecule is O=C1C=CC=C(C(=O)OCCOC(=O)C2=CC=CC(=O)C2=O)C1=O. The molecule has 0 radical (unpaired) electrons. The highest BCUT2D eigenvalue weighted by molar-refractivity contribution is 6.53. The molecule has 0 saturated carbocycles. The van der Waals surface area contributed by atoms with Crippen LogP contribution in [0.25, 0.3) is 0 Å². The van der Waals surface area contributed by atoms with Crippen molar-refractivity contribution in [1.29, 1.82) is 0 Å². The molecule has 0 spiro atoms. The van der Waals surface area contributed by atoms with Gasteiger partial charge in [-0.25, -0.2) is 9.59 Å². The first kappa shape index (κ1) is 16.9. The van der Waals surface area contributed by atoms with Gasteiger partial charge in [-0.3, -0.25) is 19.2 Å². The lowest BCUT2D eigenvalue weighted by molar-refractivity contribution is -0.149. The molecule has 0 bridgehead atoms. The summed E-state index contributed by atoms with van der Waals surface area (Å²) in [7, 11) is 0. The van der Waals surface area contributed by atoms with Crippen molar-refractivity contribution < 1.29 is 38.2 Å². The van der Waals surface area contributed by atoms with Crippen molar-refractivity contribution in [1.82, 2.24) is 0 Å². The van der Waals surface area contributed by atoms with Gasteiger partial charge in [-0.1, -0.05) is 12.2 Å². The Hall–Kier alpha value is -3.42. The zero-order valence-electron chi connectivity index (χ0n) is 12.1. The highest BCUT2D eigenvalue weighted by Crippen LogP contribution is 2.09. The number of Topliss-reactive ketones (excluding diaryl/α,β-unsaturated/α-hetero) is 2. The van der Waals surface area contributed by atoms with Crippen molar-refractivity contribution in [3.05, 3.63) is 47.6 Å². The standard InChI is InChI=1S/C16H10O8/c17-11-5-1-3-9(13(11)19)15(21)23-7-8-24-16(22)10-4-2-6-12(18)14(10)20/h1-6H,7-8H2. The molecule has 8 nitrogen and oxygen atoms in total. The Morgan fingerprint density at radius 2 is 1.08 bits per heavy atom. The minimum absolute atomic E-state index is 0.391. The number of ketones is 4. The number of esters is 2. The van der Waals surface area contributed by atoms with Crippen LogP contribution in [0.5, 0.6) is 0 Å². The fourth-order valence-corrected chi connectivity index (χ4v) is 1.78. The smallest absolute Gasteiger partial charge is 0.342 e. The Kier molecular flexibility index (Phi) is 5.10. The van der Waals surface area contributed by atoms with E-state index in [9.17, 15) is 28.8 Å². The third kappa shape index (κ3) is 3.67. The summed E-state index contributed by atoms with van der Waals surface area (Å²) < 4.78 is 9.42. The maximum Gasteiger partial charge on any atom is 0.342 e. The molecule has 2 rings (SSSR count). The van der Waals surface area contributed by atoms with Gasteiger partial charge in [-0.05, 0) is 24.3 Å². The summed E-state index contributed by atoms with van der Waals surface area (Å²) >= 11 is 0. The number of hydrogen-bond acceptors (Lipinski definition) is 8. The molecule has 0 saturated heterocycles. The van der Waals surface area contributed by atoms with Crippen LogP contribution in [0.4, 0.5) is 0 Å². The summed E-state index contributed by atoms with van der Waals surface area (Å²) in [6, 6.07) is 0. The number of hydrogen-bond donors (Lipinski definition) is 0. The number of rotatable bonds is 5. The molecule has 8 heteroatoms. The number of carbonyl (C=O) groups excluding carboxylic acids is 6. The molecule has 0 aliphatic heterocycles. The van der Waals surface area contributed by atoms with Gasteiger partial charge in [0, 0.05) is 0 Å². The topological polar surface area (TPSA) is 121 Å². The maximum atomic E-state index is 11.6. The van der Waals surface area contributed by atoms with Gasteiger partial charge in [0.25, 0.3) is 0 Å². The first-order valence-corrected chi connectivity index (χ1v) is 6.70. The Morgan fingerprint density at radius 1 is 0.708 bits per heavy atom. The number of allylic oxidation sites excluding steroid dienone is 6. The molecule has 0 aromatic heterocycles. The molecule has 0 heterocycles. The van der Waals surface area contributed by atoms with Crippen LogP contribution in [-0.2, 0) is 38.2 Å². The van der Waals surface area contributed by atoms with Crippen molar-refractivity contribution in [2.45, 2.75) is 0 Å². The predicted molar refractivity (Wildman–Crippen MR) is 76.4 cm³/mol. The van der Waals surface area contributed by atoms with E-state index >= 15 is 0 Å². The third-order valence-corrected chi connectivity index (χ3v) is 2.95. The molecule has 0 unspecified atom stereocenters.